The number of nitrogens with one attached hydrogen (secondary N) is 1. The van der Waals surface area contributed by atoms with E-state index in [-0.39, 0.29) is 29.4 Å². The van der Waals surface area contributed by atoms with Crippen molar-refractivity contribution in [3.63, 3.8) is 0 Å². The molecular weight excluding hydrogens is 380 g/mol. The Balaban J connectivity index is 1.78. The summed E-state index contributed by atoms with van der Waals surface area (Å²) in [5.74, 6) is 0.583. The predicted molar refractivity (Wildman–Crippen MR) is 109 cm³/mol. The summed E-state index contributed by atoms with van der Waals surface area (Å²) in [6.45, 7) is 8.65. The van der Waals surface area contributed by atoms with Crippen LogP contribution in [0.2, 0.25) is 0 Å². The minimum atomic E-state index is -1.07. The van der Waals surface area contributed by atoms with Crippen molar-refractivity contribution in [2.75, 3.05) is 0 Å². The molecule has 0 radical (unpaired) electrons. The van der Waals surface area contributed by atoms with E-state index in [1.807, 2.05) is 13.8 Å². The number of nitriles is 1. The quantitative estimate of drug-likeness (QED) is 0.688. The van der Waals surface area contributed by atoms with Gasteiger partial charge in [0, 0.05) is 46.4 Å². The summed E-state index contributed by atoms with van der Waals surface area (Å²) in [7, 11) is 0. The van der Waals surface area contributed by atoms with Crippen LogP contribution in [0.1, 0.15) is 74.0 Å². The molecule has 0 unspecified atom stereocenters. The molecular formula is C24H28N2O4. The molecule has 2 aliphatic heterocycles. The Hall–Kier alpha value is -2.39. The van der Waals surface area contributed by atoms with Gasteiger partial charge in [0.05, 0.1) is 11.6 Å². The Kier molecular flexibility index (Phi) is 3.82. The Bertz CT molecular complexity index is 1040. The van der Waals surface area contributed by atoms with Crippen LogP contribution in [0.15, 0.2) is 6.07 Å². The predicted octanol–water partition coefficient (Wildman–Crippen LogP) is 2.89. The molecule has 30 heavy (non-hydrogen) atoms. The number of aliphatic hydroxyl groups is 1. The number of hydrogen-bond donors (Lipinski definition) is 2. The zero-order valence-corrected chi connectivity index (χ0v) is 18.0. The van der Waals surface area contributed by atoms with Crippen molar-refractivity contribution in [3.8, 4) is 11.8 Å². The molecule has 158 valence electrons. The van der Waals surface area contributed by atoms with Gasteiger partial charge in [-0.25, -0.2) is 0 Å². The van der Waals surface area contributed by atoms with Crippen LogP contribution in [-0.2, 0) is 17.8 Å². The van der Waals surface area contributed by atoms with Crippen molar-refractivity contribution in [3.05, 3.63) is 28.3 Å². The second-order valence-electron chi connectivity index (χ2n) is 10.5. The van der Waals surface area contributed by atoms with Crippen molar-refractivity contribution in [1.82, 2.24) is 5.32 Å². The number of nitrogens with zero attached hydrogens (tertiary/aromatic N) is 1. The lowest BCUT2D eigenvalue weighted by molar-refractivity contribution is -0.223. The third-order valence-electron chi connectivity index (χ3n) is 8.92. The second kappa shape index (κ2) is 5.85. The van der Waals surface area contributed by atoms with Gasteiger partial charge in [0.25, 0.3) is 5.91 Å². The summed E-state index contributed by atoms with van der Waals surface area (Å²) in [6, 6.07) is 3.96. The summed E-state index contributed by atoms with van der Waals surface area (Å²) < 4.78 is 6.93. The molecule has 1 aromatic rings. The molecule has 1 aromatic carbocycles. The monoisotopic (exact) mass is 408 g/mol. The molecule has 2 aliphatic carbocycles. The number of carbonyl (C=O) groups is 2. The molecule has 0 aromatic heterocycles. The van der Waals surface area contributed by atoms with Gasteiger partial charge in [-0.05, 0) is 31.2 Å². The van der Waals surface area contributed by atoms with E-state index in [1.54, 1.807) is 6.07 Å². The molecule has 1 amide bonds. The largest absolute Gasteiger partial charge is 0.486 e. The van der Waals surface area contributed by atoms with Crippen molar-refractivity contribution >= 4 is 11.7 Å². The number of ketones is 1. The van der Waals surface area contributed by atoms with Gasteiger partial charge in [0.15, 0.2) is 5.78 Å². The number of benzene rings is 1. The first-order chi connectivity index (χ1) is 14.1. The van der Waals surface area contributed by atoms with Crippen molar-refractivity contribution < 1.29 is 19.4 Å². The van der Waals surface area contributed by atoms with Crippen molar-refractivity contribution in [2.24, 2.45) is 22.7 Å². The van der Waals surface area contributed by atoms with Crippen LogP contribution in [0.25, 0.3) is 0 Å². The zero-order valence-electron chi connectivity index (χ0n) is 18.0. The third-order valence-corrected chi connectivity index (χ3v) is 8.92. The van der Waals surface area contributed by atoms with E-state index in [0.29, 0.717) is 35.8 Å². The summed E-state index contributed by atoms with van der Waals surface area (Å²) in [5, 5.41) is 23.5. The molecule has 2 N–H and O–H groups in total. The lowest BCUT2D eigenvalue weighted by atomic mass is 9.43. The molecule has 6 heteroatoms. The number of Topliss-reactive ketones (excluding diaryl/α,β-unsaturated/α-hetero) is 1. The van der Waals surface area contributed by atoms with Gasteiger partial charge in [0.2, 0.25) is 0 Å². The van der Waals surface area contributed by atoms with E-state index in [1.165, 1.54) is 0 Å². The van der Waals surface area contributed by atoms with E-state index in [4.69, 9.17) is 4.74 Å². The normalized spacial score (nSPS) is 38.3. The van der Waals surface area contributed by atoms with Crippen LogP contribution in [0, 0.1) is 34.0 Å². The van der Waals surface area contributed by atoms with Crippen molar-refractivity contribution in [1.29, 1.82) is 5.26 Å². The fourth-order valence-electron chi connectivity index (χ4n) is 6.97. The third kappa shape index (κ3) is 2.12. The lowest BCUT2D eigenvalue weighted by Gasteiger charge is -2.66. The van der Waals surface area contributed by atoms with E-state index < -0.39 is 17.1 Å². The SMILES string of the molecule is C[C@H]1CC[C@H]2C(C)(C)C(=O)[C@H](O)C[C@]23Oc2c(c(C#N)cc4c2CNC4=O)C[C@]13C. The number of ether oxygens (including phenoxy) is 1. The minimum absolute atomic E-state index is 0.0401. The minimum Gasteiger partial charge on any atom is -0.486 e. The second-order valence-corrected chi connectivity index (χ2v) is 10.5. The van der Waals surface area contributed by atoms with E-state index in [0.717, 1.165) is 24.0 Å². The molecule has 0 bridgehead atoms. The van der Waals surface area contributed by atoms with Crippen LogP contribution < -0.4 is 10.1 Å². The van der Waals surface area contributed by atoms with E-state index in [2.05, 4.69) is 25.2 Å². The van der Waals surface area contributed by atoms with Crippen LogP contribution in [-0.4, -0.2) is 28.5 Å². The van der Waals surface area contributed by atoms with Gasteiger partial charge >= 0.3 is 0 Å². The molecule has 5 atom stereocenters. The van der Waals surface area contributed by atoms with E-state index in [9.17, 15) is 20.0 Å². The molecule has 2 saturated carbocycles. The van der Waals surface area contributed by atoms with Gasteiger partial charge in [0.1, 0.15) is 17.5 Å². The maximum absolute atomic E-state index is 12.9. The number of fused-ring (bicyclic) bond motifs is 3. The Labute approximate surface area is 176 Å². The summed E-state index contributed by atoms with van der Waals surface area (Å²) in [6.07, 6.45) is 1.65. The van der Waals surface area contributed by atoms with Crippen molar-refractivity contribution in [2.45, 2.75) is 71.6 Å². The number of hydrogen-bond acceptors (Lipinski definition) is 5. The van der Waals surface area contributed by atoms with Crippen LogP contribution in [0.3, 0.4) is 0 Å². The highest BCUT2D eigenvalue weighted by molar-refractivity contribution is 6.00. The highest BCUT2D eigenvalue weighted by Gasteiger charge is 2.69. The fraction of sp³-hybridized carbons (Fsp3) is 0.625. The van der Waals surface area contributed by atoms with Crippen LogP contribution >= 0.6 is 0 Å². The Morgan fingerprint density at radius 1 is 1.23 bits per heavy atom. The Morgan fingerprint density at radius 3 is 2.67 bits per heavy atom. The highest BCUT2D eigenvalue weighted by Crippen LogP contribution is 2.65. The molecule has 6 nitrogen and oxygen atoms in total. The number of carbonyl (C=O) groups excluding carboxylic acids is 2. The van der Waals surface area contributed by atoms with E-state index >= 15 is 0 Å². The molecule has 1 spiro atoms. The summed E-state index contributed by atoms with van der Waals surface area (Å²) >= 11 is 0. The first-order valence-corrected chi connectivity index (χ1v) is 10.9. The maximum Gasteiger partial charge on any atom is 0.252 e. The van der Waals surface area contributed by atoms with Gasteiger partial charge < -0.3 is 15.2 Å². The molecule has 4 aliphatic rings. The average molecular weight is 408 g/mol. The van der Waals surface area contributed by atoms with Crippen LogP contribution in [0.5, 0.6) is 5.75 Å². The molecule has 5 rings (SSSR count). The topological polar surface area (TPSA) is 99.4 Å². The molecule has 2 heterocycles. The molecule has 0 saturated heterocycles. The van der Waals surface area contributed by atoms with Gasteiger partial charge in [-0.15, -0.1) is 0 Å². The first-order valence-electron chi connectivity index (χ1n) is 10.9. The maximum atomic E-state index is 12.9. The summed E-state index contributed by atoms with van der Waals surface area (Å²) in [5.41, 5.74) is 0.875. The summed E-state index contributed by atoms with van der Waals surface area (Å²) in [4.78, 5) is 25.3. The lowest BCUT2D eigenvalue weighted by Crippen LogP contribution is -2.72. The first kappa shape index (κ1) is 19.6. The van der Waals surface area contributed by atoms with Gasteiger partial charge in [-0.1, -0.05) is 27.7 Å². The number of aliphatic hydroxyl groups excluding tert-OH is 1. The molecule has 2 fully saturated rings. The zero-order chi connectivity index (χ0) is 21.6. The highest BCUT2D eigenvalue weighted by atomic mass is 16.5. The Morgan fingerprint density at radius 2 is 1.97 bits per heavy atom. The fourth-order valence-corrected chi connectivity index (χ4v) is 6.97. The average Bonchev–Trinajstić information content (AvgIpc) is 3.06. The number of rotatable bonds is 0. The van der Waals surface area contributed by atoms with Gasteiger partial charge in [-0.2, -0.15) is 5.26 Å². The van der Waals surface area contributed by atoms with Gasteiger partial charge in [-0.3, -0.25) is 9.59 Å². The standard InChI is InChI=1S/C24H28N2O4/c1-12-5-6-18-22(2,3)20(28)17(27)9-24(18)23(12,4)8-15-13(10-25)7-14-16(19(15)30-24)11-26-21(14)29/h7,12,17-18,27H,5-6,8-9,11H2,1-4H3,(H,26,29)/t12-,17+,18-,23+,24-/m0/s1. The van der Waals surface area contributed by atoms with Crippen LogP contribution in [0.4, 0.5) is 0 Å². The number of amides is 1. The smallest absolute Gasteiger partial charge is 0.252 e.